The molecule has 0 atom stereocenters. The van der Waals surface area contributed by atoms with Crippen LogP contribution in [0.15, 0.2) is 61.2 Å². The summed E-state index contributed by atoms with van der Waals surface area (Å²) in [6, 6.07) is 12.4. The zero-order chi connectivity index (χ0) is 18.9. The van der Waals surface area contributed by atoms with E-state index >= 15 is 0 Å². The zero-order valence-electron chi connectivity index (χ0n) is 15.8. The number of hydrogen-bond donors (Lipinski definition) is 1. The van der Waals surface area contributed by atoms with Crippen molar-refractivity contribution in [2.45, 2.75) is 26.1 Å². The minimum atomic E-state index is -0.272. The molecule has 28 heavy (non-hydrogen) atoms. The Bertz CT molecular complexity index is 843. The number of para-hydroxylation sites is 1. The molecule has 1 N–H and O–H groups in total. The summed E-state index contributed by atoms with van der Waals surface area (Å²) in [6.45, 7) is 2.58. The van der Waals surface area contributed by atoms with Gasteiger partial charge in [0.15, 0.2) is 11.5 Å². The molecule has 3 aromatic rings. The fourth-order valence-electron chi connectivity index (χ4n) is 2.82. The van der Waals surface area contributed by atoms with Crippen LogP contribution in [0, 0.1) is 5.82 Å². The molecular formula is C21H25ClFN3O2. The summed E-state index contributed by atoms with van der Waals surface area (Å²) in [5.41, 5.74) is 1.50. The zero-order valence-corrected chi connectivity index (χ0v) is 16.6. The highest BCUT2D eigenvalue weighted by atomic mass is 35.5. The van der Waals surface area contributed by atoms with Gasteiger partial charge in [0.25, 0.3) is 0 Å². The van der Waals surface area contributed by atoms with Crippen LogP contribution in [0.3, 0.4) is 0 Å². The quantitative estimate of drug-likeness (QED) is 0.513. The Morgan fingerprint density at radius 1 is 1.11 bits per heavy atom. The van der Waals surface area contributed by atoms with Crippen LogP contribution in [0.4, 0.5) is 4.39 Å². The van der Waals surface area contributed by atoms with Crippen molar-refractivity contribution in [1.82, 2.24) is 14.9 Å². The molecule has 0 bridgehead atoms. The first-order chi connectivity index (χ1) is 13.3. The number of benzene rings is 2. The van der Waals surface area contributed by atoms with E-state index in [2.05, 4.69) is 14.9 Å². The highest BCUT2D eigenvalue weighted by molar-refractivity contribution is 5.85. The van der Waals surface area contributed by atoms with Crippen LogP contribution in [0.1, 0.15) is 17.5 Å². The Kier molecular flexibility index (Phi) is 8.78. The highest BCUT2D eigenvalue weighted by Crippen LogP contribution is 2.32. The fourth-order valence-corrected chi connectivity index (χ4v) is 2.82. The molecule has 3 rings (SSSR count). The number of halogens is 2. The van der Waals surface area contributed by atoms with Crippen molar-refractivity contribution in [3.8, 4) is 11.5 Å². The van der Waals surface area contributed by atoms with E-state index in [9.17, 15) is 4.39 Å². The molecule has 1 heterocycles. The number of aromatic nitrogens is 2. The molecule has 0 amide bonds. The van der Waals surface area contributed by atoms with E-state index in [1.54, 1.807) is 31.5 Å². The topological polar surface area (TPSA) is 48.3 Å². The van der Waals surface area contributed by atoms with Gasteiger partial charge in [-0.3, -0.25) is 0 Å². The summed E-state index contributed by atoms with van der Waals surface area (Å²) in [5.74, 6) is 1.01. The van der Waals surface area contributed by atoms with Crippen LogP contribution in [0.25, 0.3) is 0 Å². The Morgan fingerprint density at radius 3 is 2.68 bits per heavy atom. The van der Waals surface area contributed by atoms with Crippen molar-refractivity contribution in [3.63, 3.8) is 0 Å². The minimum absolute atomic E-state index is 0. The molecule has 7 heteroatoms. The number of methoxy groups -OCH3 is 1. The van der Waals surface area contributed by atoms with Gasteiger partial charge in [-0.25, -0.2) is 9.37 Å². The number of nitrogens with zero attached hydrogens (tertiary/aromatic N) is 2. The third kappa shape index (κ3) is 5.97. The summed E-state index contributed by atoms with van der Waals surface area (Å²) in [4.78, 5) is 4.04. The maximum absolute atomic E-state index is 13.8. The fraction of sp³-hybridized carbons (Fsp3) is 0.286. The standard InChI is InChI=1S/C21H24FN3O2.ClH/c1-26-20-9-4-7-17(14-23-10-5-12-25-13-11-24-16-25)21(20)27-15-18-6-2-3-8-19(18)22;/h2-4,6-9,11,13,16,23H,5,10,12,14-15H2,1H3;1H. The Hall–Kier alpha value is -2.57. The molecule has 0 aliphatic carbocycles. The maximum Gasteiger partial charge on any atom is 0.166 e. The monoisotopic (exact) mass is 405 g/mol. The molecular weight excluding hydrogens is 381 g/mol. The van der Waals surface area contributed by atoms with Gasteiger partial charge in [-0.05, 0) is 25.1 Å². The van der Waals surface area contributed by atoms with Crippen LogP contribution in [0.2, 0.25) is 0 Å². The number of hydrogen-bond acceptors (Lipinski definition) is 4. The lowest BCUT2D eigenvalue weighted by Gasteiger charge is -2.16. The summed E-state index contributed by atoms with van der Waals surface area (Å²) in [7, 11) is 1.60. The van der Waals surface area contributed by atoms with Gasteiger partial charge in [0.1, 0.15) is 12.4 Å². The molecule has 0 aliphatic rings. The van der Waals surface area contributed by atoms with Gasteiger partial charge in [0, 0.05) is 36.6 Å². The van der Waals surface area contributed by atoms with E-state index in [0.717, 1.165) is 25.1 Å². The average Bonchev–Trinajstić information content (AvgIpc) is 3.21. The van der Waals surface area contributed by atoms with E-state index < -0.39 is 0 Å². The molecule has 0 aliphatic heterocycles. The predicted molar refractivity (Wildman–Crippen MR) is 110 cm³/mol. The van der Waals surface area contributed by atoms with E-state index in [0.29, 0.717) is 23.6 Å². The summed E-state index contributed by atoms with van der Waals surface area (Å²) in [6.07, 6.45) is 6.54. The number of nitrogens with one attached hydrogen (secondary N) is 1. The van der Waals surface area contributed by atoms with Crippen LogP contribution >= 0.6 is 12.4 Å². The molecule has 2 aromatic carbocycles. The largest absolute Gasteiger partial charge is 0.493 e. The van der Waals surface area contributed by atoms with Crippen molar-refractivity contribution in [1.29, 1.82) is 0 Å². The second-order valence-electron chi connectivity index (χ2n) is 6.16. The smallest absolute Gasteiger partial charge is 0.166 e. The second kappa shape index (κ2) is 11.3. The molecule has 0 saturated carbocycles. The van der Waals surface area contributed by atoms with Gasteiger partial charge in [-0.1, -0.05) is 30.3 Å². The van der Waals surface area contributed by atoms with Crippen molar-refractivity contribution in [3.05, 3.63) is 78.1 Å². The van der Waals surface area contributed by atoms with E-state index in [1.807, 2.05) is 30.7 Å². The molecule has 0 fully saturated rings. The van der Waals surface area contributed by atoms with Crippen molar-refractivity contribution in [2.75, 3.05) is 13.7 Å². The van der Waals surface area contributed by atoms with Gasteiger partial charge in [-0.2, -0.15) is 0 Å². The Morgan fingerprint density at radius 2 is 1.93 bits per heavy atom. The Labute approximate surface area is 170 Å². The van der Waals surface area contributed by atoms with Gasteiger partial charge in [-0.15, -0.1) is 12.4 Å². The molecule has 0 saturated heterocycles. The number of aryl methyl sites for hydroxylation is 1. The third-order valence-corrected chi connectivity index (χ3v) is 4.25. The molecule has 0 radical (unpaired) electrons. The lowest BCUT2D eigenvalue weighted by molar-refractivity contribution is 0.276. The van der Waals surface area contributed by atoms with Gasteiger partial charge >= 0.3 is 0 Å². The van der Waals surface area contributed by atoms with Gasteiger partial charge in [0.2, 0.25) is 0 Å². The lowest BCUT2D eigenvalue weighted by atomic mass is 10.1. The minimum Gasteiger partial charge on any atom is -0.493 e. The number of imidazole rings is 1. The van der Waals surface area contributed by atoms with Crippen LogP contribution in [-0.4, -0.2) is 23.2 Å². The average molecular weight is 406 g/mol. The van der Waals surface area contributed by atoms with Crippen LogP contribution in [0.5, 0.6) is 11.5 Å². The molecule has 0 spiro atoms. The first-order valence-corrected chi connectivity index (χ1v) is 8.96. The third-order valence-electron chi connectivity index (χ3n) is 4.25. The highest BCUT2D eigenvalue weighted by Gasteiger charge is 2.12. The van der Waals surface area contributed by atoms with Gasteiger partial charge in [0.05, 0.1) is 13.4 Å². The predicted octanol–water partition coefficient (Wildman–Crippen LogP) is 4.21. The first kappa shape index (κ1) is 21.7. The Balaban J connectivity index is 0.00000280. The van der Waals surface area contributed by atoms with Crippen molar-refractivity contribution >= 4 is 12.4 Å². The number of rotatable bonds is 10. The molecule has 150 valence electrons. The second-order valence-corrected chi connectivity index (χ2v) is 6.16. The van der Waals surface area contributed by atoms with E-state index in [-0.39, 0.29) is 24.8 Å². The van der Waals surface area contributed by atoms with Crippen LogP contribution < -0.4 is 14.8 Å². The molecule has 5 nitrogen and oxygen atoms in total. The lowest BCUT2D eigenvalue weighted by Crippen LogP contribution is -2.17. The summed E-state index contributed by atoms with van der Waals surface area (Å²) in [5, 5.41) is 3.42. The van der Waals surface area contributed by atoms with Gasteiger partial charge < -0.3 is 19.4 Å². The first-order valence-electron chi connectivity index (χ1n) is 8.96. The van der Waals surface area contributed by atoms with E-state index in [1.165, 1.54) is 6.07 Å². The maximum atomic E-state index is 13.8. The molecule has 0 unspecified atom stereocenters. The van der Waals surface area contributed by atoms with Crippen LogP contribution in [-0.2, 0) is 19.7 Å². The summed E-state index contributed by atoms with van der Waals surface area (Å²) >= 11 is 0. The normalized spacial score (nSPS) is 10.4. The van der Waals surface area contributed by atoms with E-state index in [4.69, 9.17) is 9.47 Å². The molecule has 1 aromatic heterocycles. The van der Waals surface area contributed by atoms with Crippen molar-refractivity contribution < 1.29 is 13.9 Å². The van der Waals surface area contributed by atoms with Crippen molar-refractivity contribution in [2.24, 2.45) is 0 Å². The number of ether oxygens (including phenoxy) is 2. The SMILES string of the molecule is COc1cccc(CNCCCn2ccnc2)c1OCc1ccccc1F.Cl. The summed E-state index contributed by atoms with van der Waals surface area (Å²) < 4.78 is 27.2.